The molecule has 0 amide bonds. The maximum absolute atomic E-state index is 11.0. The van der Waals surface area contributed by atoms with Crippen molar-refractivity contribution in [2.45, 2.75) is 0 Å². The molecule has 0 N–H and O–H groups in total. The summed E-state index contributed by atoms with van der Waals surface area (Å²) in [6, 6.07) is 4.32. The monoisotopic (exact) mass is 223 g/mol. The van der Waals surface area contributed by atoms with Gasteiger partial charge < -0.3 is 4.74 Å². The number of rotatable bonds is 3. The lowest BCUT2D eigenvalue weighted by Crippen LogP contribution is -1.99. The SMILES string of the molecule is COc1cc(C(=O)Cl)c(C#N)cc1C=O. The summed E-state index contributed by atoms with van der Waals surface area (Å²) in [5.41, 5.74) is 0.287. The van der Waals surface area contributed by atoms with Gasteiger partial charge in [-0.25, -0.2) is 0 Å². The van der Waals surface area contributed by atoms with Gasteiger partial charge in [0.15, 0.2) is 6.29 Å². The molecular weight excluding hydrogens is 218 g/mol. The molecule has 0 spiro atoms. The minimum Gasteiger partial charge on any atom is -0.496 e. The molecule has 1 aromatic carbocycles. The summed E-state index contributed by atoms with van der Waals surface area (Å²) in [7, 11) is 1.36. The molecule has 76 valence electrons. The molecule has 5 heteroatoms. The van der Waals surface area contributed by atoms with Crippen molar-refractivity contribution < 1.29 is 14.3 Å². The average molecular weight is 224 g/mol. The Balaban J connectivity index is 3.49. The van der Waals surface area contributed by atoms with Crippen LogP contribution in [0.5, 0.6) is 5.75 Å². The molecule has 0 aliphatic rings. The van der Waals surface area contributed by atoms with Crippen molar-refractivity contribution in [2.75, 3.05) is 7.11 Å². The van der Waals surface area contributed by atoms with E-state index in [0.717, 1.165) is 0 Å². The Labute approximate surface area is 91.0 Å². The number of methoxy groups -OCH3 is 1. The maximum atomic E-state index is 11.0. The average Bonchev–Trinajstić information content (AvgIpc) is 2.26. The Morgan fingerprint density at radius 2 is 2.27 bits per heavy atom. The molecule has 0 aromatic heterocycles. The fourth-order valence-corrected chi connectivity index (χ4v) is 1.28. The van der Waals surface area contributed by atoms with E-state index < -0.39 is 5.24 Å². The van der Waals surface area contributed by atoms with E-state index >= 15 is 0 Å². The standard InChI is InChI=1S/C10H6ClNO3/c1-15-9-3-8(10(11)14)6(4-12)2-7(9)5-13/h2-3,5H,1H3. The van der Waals surface area contributed by atoms with Gasteiger partial charge in [0.1, 0.15) is 5.75 Å². The Hall–Kier alpha value is -1.86. The first kappa shape index (κ1) is 11.2. The largest absolute Gasteiger partial charge is 0.496 e. The number of nitrogens with zero attached hydrogens (tertiary/aromatic N) is 1. The molecule has 0 aliphatic heterocycles. The topological polar surface area (TPSA) is 67.2 Å². The predicted octanol–water partition coefficient (Wildman–Crippen LogP) is 1.76. The molecule has 0 heterocycles. The van der Waals surface area contributed by atoms with Crippen LogP contribution in [0.15, 0.2) is 12.1 Å². The van der Waals surface area contributed by atoms with E-state index in [-0.39, 0.29) is 22.4 Å². The van der Waals surface area contributed by atoms with Gasteiger partial charge in [-0.1, -0.05) is 0 Å². The first-order valence-corrected chi connectivity index (χ1v) is 4.29. The van der Waals surface area contributed by atoms with E-state index in [0.29, 0.717) is 6.29 Å². The number of carbonyl (C=O) groups is 2. The van der Waals surface area contributed by atoms with Gasteiger partial charge >= 0.3 is 0 Å². The van der Waals surface area contributed by atoms with Gasteiger partial charge in [0, 0.05) is 0 Å². The van der Waals surface area contributed by atoms with Crippen LogP contribution in [-0.4, -0.2) is 18.6 Å². The van der Waals surface area contributed by atoms with E-state index in [9.17, 15) is 9.59 Å². The normalized spacial score (nSPS) is 9.13. The number of aldehydes is 1. The summed E-state index contributed by atoms with van der Waals surface area (Å²) in [4.78, 5) is 21.6. The highest BCUT2D eigenvalue weighted by Crippen LogP contribution is 2.23. The molecule has 0 radical (unpaired) electrons. The zero-order valence-corrected chi connectivity index (χ0v) is 8.54. The molecule has 4 nitrogen and oxygen atoms in total. The number of halogens is 1. The van der Waals surface area contributed by atoms with Gasteiger partial charge in [-0.05, 0) is 23.7 Å². The van der Waals surface area contributed by atoms with Crippen LogP contribution in [0, 0.1) is 11.3 Å². The summed E-state index contributed by atoms with van der Waals surface area (Å²) in [6.45, 7) is 0. The summed E-state index contributed by atoms with van der Waals surface area (Å²) < 4.78 is 4.88. The molecule has 0 bridgehead atoms. The minimum absolute atomic E-state index is 0.0293. The van der Waals surface area contributed by atoms with Crippen molar-refractivity contribution in [2.24, 2.45) is 0 Å². The molecule has 0 fully saturated rings. The van der Waals surface area contributed by atoms with Crippen LogP contribution in [0.3, 0.4) is 0 Å². The van der Waals surface area contributed by atoms with Crippen molar-refractivity contribution >= 4 is 23.1 Å². The maximum Gasteiger partial charge on any atom is 0.253 e. The van der Waals surface area contributed by atoms with Crippen molar-refractivity contribution in [3.05, 3.63) is 28.8 Å². The first-order chi connectivity index (χ1) is 7.13. The third-order valence-electron chi connectivity index (χ3n) is 1.83. The number of ether oxygens (including phenoxy) is 1. The first-order valence-electron chi connectivity index (χ1n) is 3.91. The molecule has 0 saturated heterocycles. The summed E-state index contributed by atoms with van der Waals surface area (Å²) in [5, 5.41) is 7.97. The van der Waals surface area contributed by atoms with Crippen molar-refractivity contribution in [3.63, 3.8) is 0 Å². The van der Waals surface area contributed by atoms with Crippen molar-refractivity contribution in [1.29, 1.82) is 5.26 Å². The van der Waals surface area contributed by atoms with Gasteiger partial charge in [0.25, 0.3) is 5.24 Å². The van der Waals surface area contributed by atoms with Crippen LogP contribution in [0.4, 0.5) is 0 Å². The lowest BCUT2D eigenvalue weighted by Gasteiger charge is -2.05. The second-order valence-electron chi connectivity index (χ2n) is 2.64. The van der Waals surface area contributed by atoms with E-state index in [1.54, 1.807) is 6.07 Å². The van der Waals surface area contributed by atoms with Crippen LogP contribution in [0.2, 0.25) is 0 Å². The Morgan fingerprint density at radius 1 is 1.60 bits per heavy atom. The molecule has 15 heavy (non-hydrogen) atoms. The predicted molar refractivity (Wildman–Crippen MR) is 53.3 cm³/mol. The Kier molecular flexibility index (Phi) is 3.42. The van der Waals surface area contributed by atoms with Gasteiger partial charge in [-0.15, -0.1) is 0 Å². The summed E-state index contributed by atoms with van der Waals surface area (Å²) in [6.07, 6.45) is 0.544. The minimum atomic E-state index is -0.762. The van der Waals surface area contributed by atoms with E-state index in [4.69, 9.17) is 21.6 Å². The molecule has 1 aromatic rings. The molecule has 0 unspecified atom stereocenters. The Morgan fingerprint density at radius 3 is 2.67 bits per heavy atom. The fourth-order valence-electron chi connectivity index (χ4n) is 1.12. The van der Waals surface area contributed by atoms with Crippen LogP contribution in [-0.2, 0) is 0 Å². The van der Waals surface area contributed by atoms with Crippen LogP contribution in [0.25, 0.3) is 0 Å². The number of hydrogen-bond acceptors (Lipinski definition) is 4. The van der Waals surface area contributed by atoms with Crippen molar-refractivity contribution in [1.82, 2.24) is 0 Å². The van der Waals surface area contributed by atoms with E-state index in [1.165, 1.54) is 19.2 Å². The van der Waals surface area contributed by atoms with E-state index in [2.05, 4.69) is 0 Å². The van der Waals surface area contributed by atoms with Crippen LogP contribution < -0.4 is 4.74 Å². The van der Waals surface area contributed by atoms with Gasteiger partial charge in [-0.3, -0.25) is 9.59 Å². The third-order valence-corrected chi connectivity index (χ3v) is 2.03. The molecule has 1 rings (SSSR count). The third kappa shape index (κ3) is 2.14. The Bertz CT molecular complexity index is 462. The summed E-state index contributed by atoms with van der Waals surface area (Å²) in [5.74, 6) is 0.216. The zero-order valence-electron chi connectivity index (χ0n) is 7.78. The van der Waals surface area contributed by atoms with E-state index in [1.807, 2.05) is 0 Å². The van der Waals surface area contributed by atoms with Gasteiger partial charge in [-0.2, -0.15) is 5.26 Å². The quantitative estimate of drug-likeness (QED) is 0.578. The number of benzene rings is 1. The molecule has 0 saturated carbocycles. The number of carbonyl (C=O) groups excluding carboxylic acids is 2. The molecule has 0 aliphatic carbocycles. The van der Waals surface area contributed by atoms with Crippen molar-refractivity contribution in [3.8, 4) is 11.8 Å². The fraction of sp³-hybridized carbons (Fsp3) is 0.100. The molecular formula is C10H6ClNO3. The highest BCUT2D eigenvalue weighted by Gasteiger charge is 2.14. The number of nitriles is 1. The summed E-state index contributed by atoms with van der Waals surface area (Å²) >= 11 is 5.28. The molecule has 0 atom stereocenters. The van der Waals surface area contributed by atoms with Crippen LogP contribution in [0.1, 0.15) is 26.3 Å². The highest BCUT2D eigenvalue weighted by molar-refractivity contribution is 6.68. The number of hydrogen-bond donors (Lipinski definition) is 0. The van der Waals surface area contributed by atoms with Gasteiger partial charge in [0.2, 0.25) is 0 Å². The lowest BCUT2D eigenvalue weighted by atomic mass is 10.1. The zero-order chi connectivity index (χ0) is 11.4. The highest BCUT2D eigenvalue weighted by atomic mass is 35.5. The lowest BCUT2D eigenvalue weighted by molar-refractivity contribution is 0.107. The van der Waals surface area contributed by atoms with Gasteiger partial charge in [0.05, 0.1) is 29.9 Å². The van der Waals surface area contributed by atoms with Crippen LogP contribution >= 0.6 is 11.6 Å². The second-order valence-corrected chi connectivity index (χ2v) is 2.99. The smallest absolute Gasteiger partial charge is 0.253 e. The second kappa shape index (κ2) is 4.58.